The third kappa shape index (κ3) is 3.18. The number of thiophene rings is 1. The third-order valence-corrected chi connectivity index (χ3v) is 4.15. The van der Waals surface area contributed by atoms with Gasteiger partial charge in [-0.15, -0.1) is 11.3 Å². The van der Waals surface area contributed by atoms with Crippen LogP contribution in [0, 0.1) is 12.7 Å². The molecule has 0 bridgehead atoms. The molecule has 3 heteroatoms. The Kier molecular flexibility index (Phi) is 4.50. The molecule has 0 aliphatic carbocycles. The zero-order valence-electron chi connectivity index (χ0n) is 10.7. The standard InChI is InChI=1S/C15H18FNS/c1-11-10-12(16)5-7-14(11)15(17-2)8-6-13-4-3-9-18-13/h3-5,7,9-10,15,17H,6,8H2,1-2H3. The van der Waals surface area contributed by atoms with Crippen molar-refractivity contribution in [1.82, 2.24) is 5.32 Å². The van der Waals surface area contributed by atoms with Crippen LogP contribution in [0.5, 0.6) is 0 Å². The zero-order valence-corrected chi connectivity index (χ0v) is 11.6. The van der Waals surface area contributed by atoms with E-state index < -0.39 is 0 Å². The zero-order chi connectivity index (χ0) is 13.0. The molecule has 0 saturated carbocycles. The molecule has 1 N–H and O–H groups in total. The van der Waals surface area contributed by atoms with Gasteiger partial charge in [0.2, 0.25) is 0 Å². The fraction of sp³-hybridized carbons (Fsp3) is 0.333. The van der Waals surface area contributed by atoms with Crippen LogP contribution in [0.1, 0.15) is 28.5 Å². The van der Waals surface area contributed by atoms with Crippen molar-refractivity contribution in [3.05, 3.63) is 57.5 Å². The maximum absolute atomic E-state index is 13.1. The molecule has 2 aromatic rings. The van der Waals surface area contributed by atoms with E-state index in [1.165, 1.54) is 16.5 Å². The van der Waals surface area contributed by atoms with Gasteiger partial charge in [0.25, 0.3) is 0 Å². The van der Waals surface area contributed by atoms with Crippen molar-refractivity contribution in [3.8, 4) is 0 Å². The lowest BCUT2D eigenvalue weighted by Gasteiger charge is -2.18. The molecule has 0 fully saturated rings. The maximum atomic E-state index is 13.1. The van der Waals surface area contributed by atoms with Crippen molar-refractivity contribution < 1.29 is 4.39 Å². The van der Waals surface area contributed by atoms with Crippen LogP contribution in [-0.4, -0.2) is 7.05 Å². The lowest BCUT2D eigenvalue weighted by atomic mass is 9.97. The highest BCUT2D eigenvalue weighted by atomic mass is 32.1. The summed E-state index contributed by atoms with van der Waals surface area (Å²) in [7, 11) is 1.96. The van der Waals surface area contributed by atoms with Crippen LogP contribution in [0.3, 0.4) is 0 Å². The molecule has 1 aromatic carbocycles. The molecule has 0 aliphatic heterocycles. The van der Waals surface area contributed by atoms with Gasteiger partial charge in [-0.05, 0) is 61.5 Å². The van der Waals surface area contributed by atoms with Crippen LogP contribution >= 0.6 is 11.3 Å². The van der Waals surface area contributed by atoms with E-state index in [1.54, 1.807) is 17.4 Å². The first-order valence-electron chi connectivity index (χ1n) is 6.16. The highest BCUT2D eigenvalue weighted by molar-refractivity contribution is 7.09. The second-order valence-electron chi connectivity index (χ2n) is 4.46. The lowest BCUT2D eigenvalue weighted by Crippen LogP contribution is -2.18. The summed E-state index contributed by atoms with van der Waals surface area (Å²) in [5, 5.41) is 5.43. The van der Waals surface area contributed by atoms with E-state index in [4.69, 9.17) is 0 Å². The summed E-state index contributed by atoms with van der Waals surface area (Å²) in [6.07, 6.45) is 2.09. The van der Waals surface area contributed by atoms with Crippen LogP contribution in [0.25, 0.3) is 0 Å². The van der Waals surface area contributed by atoms with Crippen LogP contribution < -0.4 is 5.32 Å². The molecule has 1 nitrogen and oxygen atoms in total. The summed E-state index contributed by atoms with van der Waals surface area (Å²) < 4.78 is 13.1. The molecule has 1 heterocycles. The second kappa shape index (κ2) is 6.12. The Balaban J connectivity index is 2.08. The predicted octanol–water partition coefficient (Wildman–Crippen LogP) is 4.09. The fourth-order valence-corrected chi connectivity index (χ4v) is 2.95. The van der Waals surface area contributed by atoms with Gasteiger partial charge in [0.05, 0.1) is 0 Å². The van der Waals surface area contributed by atoms with Crippen LogP contribution in [0.2, 0.25) is 0 Å². The van der Waals surface area contributed by atoms with E-state index in [0.29, 0.717) is 0 Å². The van der Waals surface area contributed by atoms with E-state index in [-0.39, 0.29) is 11.9 Å². The molecule has 18 heavy (non-hydrogen) atoms. The SMILES string of the molecule is CNC(CCc1cccs1)c1ccc(F)cc1C. The van der Waals surface area contributed by atoms with Gasteiger partial charge < -0.3 is 5.32 Å². The number of halogens is 1. The number of rotatable bonds is 5. The minimum absolute atomic E-state index is 0.163. The summed E-state index contributed by atoms with van der Waals surface area (Å²) in [4.78, 5) is 1.40. The van der Waals surface area contributed by atoms with E-state index >= 15 is 0 Å². The van der Waals surface area contributed by atoms with Crippen LogP contribution in [0.4, 0.5) is 4.39 Å². The average molecular weight is 263 g/mol. The van der Waals surface area contributed by atoms with Crippen molar-refractivity contribution in [2.45, 2.75) is 25.8 Å². The number of nitrogens with one attached hydrogen (secondary N) is 1. The van der Waals surface area contributed by atoms with Gasteiger partial charge in [-0.2, -0.15) is 0 Å². The van der Waals surface area contributed by atoms with Gasteiger partial charge in [0.1, 0.15) is 5.82 Å². The molecule has 1 atom stereocenters. The van der Waals surface area contributed by atoms with E-state index in [1.807, 2.05) is 20.0 Å². The molecule has 0 aliphatic rings. The van der Waals surface area contributed by atoms with Crippen molar-refractivity contribution in [3.63, 3.8) is 0 Å². The van der Waals surface area contributed by atoms with E-state index in [0.717, 1.165) is 18.4 Å². The summed E-state index contributed by atoms with van der Waals surface area (Å²) in [6, 6.07) is 9.56. The Labute approximate surface area is 112 Å². The van der Waals surface area contributed by atoms with Gasteiger partial charge in [0, 0.05) is 10.9 Å². The van der Waals surface area contributed by atoms with Gasteiger partial charge in [-0.25, -0.2) is 4.39 Å². The minimum Gasteiger partial charge on any atom is -0.313 e. The van der Waals surface area contributed by atoms with Gasteiger partial charge in [0.15, 0.2) is 0 Å². The van der Waals surface area contributed by atoms with Crippen molar-refractivity contribution in [1.29, 1.82) is 0 Å². The first kappa shape index (κ1) is 13.2. The third-order valence-electron chi connectivity index (χ3n) is 3.22. The highest BCUT2D eigenvalue weighted by Crippen LogP contribution is 2.24. The summed E-state index contributed by atoms with van der Waals surface area (Å²) >= 11 is 1.79. The number of benzene rings is 1. The molecule has 2 rings (SSSR count). The Morgan fingerprint density at radius 1 is 1.33 bits per heavy atom. The van der Waals surface area contributed by atoms with Gasteiger partial charge in [-0.3, -0.25) is 0 Å². The highest BCUT2D eigenvalue weighted by Gasteiger charge is 2.12. The van der Waals surface area contributed by atoms with Crippen molar-refractivity contribution >= 4 is 11.3 Å². The van der Waals surface area contributed by atoms with Crippen LogP contribution in [-0.2, 0) is 6.42 Å². The summed E-state index contributed by atoms with van der Waals surface area (Å²) in [6.45, 7) is 1.97. The summed E-state index contributed by atoms with van der Waals surface area (Å²) in [5.74, 6) is -0.163. The molecule has 1 aromatic heterocycles. The average Bonchev–Trinajstić information content (AvgIpc) is 2.85. The lowest BCUT2D eigenvalue weighted by molar-refractivity contribution is 0.545. The largest absolute Gasteiger partial charge is 0.313 e. The quantitative estimate of drug-likeness (QED) is 0.856. The smallest absolute Gasteiger partial charge is 0.123 e. The summed E-state index contributed by atoms with van der Waals surface area (Å²) in [5.41, 5.74) is 2.20. The molecular weight excluding hydrogens is 245 g/mol. The maximum Gasteiger partial charge on any atom is 0.123 e. The Morgan fingerprint density at radius 3 is 2.78 bits per heavy atom. The first-order valence-corrected chi connectivity index (χ1v) is 7.04. The minimum atomic E-state index is -0.163. The van der Waals surface area contributed by atoms with Crippen molar-refractivity contribution in [2.75, 3.05) is 7.05 Å². The second-order valence-corrected chi connectivity index (χ2v) is 5.49. The number of hydrogen-bond acceptors (Lipinski definition) is 2. The number of aryl methyl sites for hydroxylation is 2. The Hall–Kier alpha value is -1.19. The molecule has 1 unspecified atom stereocenters. The predicted molar refractivity (Wildman–Crippen MR) is 75.6 cm³/mol. The normalized spacial score (nSPS) is 12.6. The first-order chi connectivity index (χ1) is 8.70. The monoisotopic (exact) mass is 263 g/mol. The van der Waals surface area contributed by atoms with Gasteiger partial charge >= 0.3 is 0 Å². The molecule has 0 amide bonds. The van der Waals surface area contributed by atoms with Crippen LogP contribution in [0.15, 0.2) is 35.7 Å². The Bertz CT molecular complexity index is 493. The van der Waals surface area contributed by atoms with E-state index in [2.05, 4.69) is 22.8 Å². The van der Waals surface area contributed by atoms with Crippen molar-refractivity contribution in [2.24, 2.45) is 0 Å². The topological polar surface area (TPSA) is 12.0 Å². The molecule has 0 spiro atoms. The molecule has 0 radical (unpaired) electrons. The van der Waals surface area contributed by atoms with Gasteiger partial charge in [-0.1, -0.05) is 12.1 Å². The molecule has 96 valence electrons. The molecular formula is C15H18FNS. The number of hydrogen-bond donors (Lipinski definition) is 1. The Morgan fingerprint density at radius 2 is 2.17 bits per heavy atom. The van der Waals surface area contributed by atoms with E-state index in [9.17, 15) is 4.39 Å². The molecule has 0 saturated heterocycles. The fourth-order valence-electron chi connectivity index (χ4n) is 2.23.